The highest BCUT2D eigenvalue weighted by Crippen LogP contribution is 1.98. The predicted octanol–water partition coefficient (Wildman–Crippen LogP) is -3.26. The van der Waals surface area contributed by atoms with Crippen LogP contribution >= 0.6 is 0 Å². The van der Waals surface area contributed by atoms with Crippen molar-refractivity contribution >= 4 is 31.5 Å². The number of carbonyl (C=O) groups is 2. The fraction of sp³-hybridized carbons (Fsp3) is 0.600. The van der Waals surface area contributed by atoms with Gasteiger partial charge in [-0.2, -0.15) is 0 Å². The van der Waals surface area contributed by atoms with E-state index < -0.39 is 48.1 Å². The zero-order valence-corrected chi connectivity index (χ0v) is 9.18. The van der Waals surface area contributed by atoms with Gasteiger partial charge < -0.3 is 11.5 Å². The van der Waals surface area contributed by atoms with Crippen LogP contribution in [0.4, 0.5) is 0 Å². The van der Waals surface area contributed by atoms with Crippen LogP contribution in [0.5, 0.6) is 0 Å². The van der Waals surface area contributed by atoms with Crippen LogP contribution in [0, 0.1) is 0 Å². The highest BCUT2D eigenvalue weighted by atomic mass is 32.3. The maximum atomic E-state index is 11.0. The van der Waals surface area contributed by atoms with Crippen molar-refractivity contribution in [2.24, 2.45) is 11.5 Å². The molecule has 0 heterocycles. The third-order valence-corrected chi connectivity index (χ3v) is 5.41. The lowest BCUT2D eigenvalue weighted by Crippen LogP contribution is -2.32. The van der Waals surface area contributed by atoms with Gasteiger partial charge in [0.15, 0.2) is 24.8 Å². The van der Waals surface area contributed by atoms with Gasteiger partial charge in [0, 0.05) is 0 Å². The van der Waals surface area contributed by atoms with Gasteiger partial charge in [-0.3, -0.25) is 9.59 Å². The fourth-order valence-electron chi connectivity index (χ4n) is 0.790. The molecule has 0 aromatic rings. The molecule has 0 spiro atoms. The second-order valence-electron chi connectivity index (χ2n) is 2.83. The summed E-state index contributed by atoms with van der Waals surface area (Å²) >= 11 is 0. The van der Waals surface area contributed by atoms with E-state index in [0.717, 1.165) is 0 Å². The molecule has 10 heteroatoms. The number of sulfone groups is 2. The Morgan fingerprint density at radius 2 is 1.07 bits per heavy atom. The van der Waals surface area contributed by atoms with Gasteiger partial charge in [0.25, 0.3) is 0 Å². The molecule has 0 unspecified atom stereocenters. The van der Waals surface area contributed by atoms with E-state index in [1.165, 1.54) is 0 Å². The number of nitrogens with two attached hydrogens (primary N) is 2. The quantitative estimate of drug-likeness (QED) is 0.509. The molecule has 0 saturated carbocycles. The van der Waals surface area contributed by atoms with E-state index in [1.807, 2.05) is 0 Å². The van der Waals surface area contributed by atoms with Gasteiger partial charge >= 0.3 is 0 Å². The molecule has 8 nitrogen and oxygen atoms in total. The molecule has 0 fully saturated rings. The van der Waals surface area contributed by atoms with Crippen molar-refractivity contribution in [3.8, 4) is 0 Å². The topological polar surface area (TPSA) is 154 Å². The van der Waals surface area contributed by atoms with E-state index in [2.05, 4.69) is 11.5 Å². The largest absolute Gasteiger partial charge is 0.369 e. The average molecular weight is 258 g/mol. The lowest BCUT2D eigenvalue weighted by molar-refractivity contribution is -0.116. The molecule has 0 radical (unpaired) electrons. The summed E-state index contributed by atoms with van der Waals surface area (Å²) in [5.41, 5.74) is 9.19. The van der Waals surface area contributed by atoms with E-state index >= 15 is 0 Å². The van der Waals surface area contributed by atoms with E-state index in [4.69, 9.17) is 0 Å². The van der Waals surface area contributed by atoms with Gasteiger partial charge in [0.2, 0.25) is 11.8 Å². The van der Waals surface area contributed by atoms with Crippen molar-refractivity contribution in [2.75, 3.05) is 16.6 Å². The van der Waals surface area contributed by atoms with Gasteiger partial charge in [-0.15, -0.1) is 0 Å². The Labute approximate surface area is 86.5 Å². The standard InChI is InChI=1S/C5H10N2O6S2/c6-4(8)1-14(10,11)3-15(12,13)2-5(7)9/h1-3H2,(H2,6,8)(H2,7,9). The molecule has 0 atom stereocenters. The Kier molecular flexibility index (Phi) is 4.22. The molecule has 2 amide bonds. The summed E-state index contributed by atoms with van der Waals surface area (Å²) in [7, 11) is -8.31. The molecule has 0 rings (SSSR count). The Balaban J connectivity index is 4.74. The Hall–Kier alpha value is -1.16. The van der Waals surface area contributed by atoms with E-state index in [0.29, 0.717) is 0 Å². The highest BCUT2D eigenvalue weighted by Gasteiger charge is 2.25. The van der Waals surface area contributed by atoms with Gasteiger partial charge in [-0.05, 0) is 0 Å². The number of rotatable bonds is 6. The second kappa shape index (κ2) is 4.57. The second-order valence-corrected chi connectivity index (χ2v) is 7.32. The van der Waals surface area contributed by atoms with Gasteiger partial charge in [0.1, 0.15) is 11.5 Å². The van der Waals surface area contributed by atoms with Crippen LogP contribution < -0.4 is 11.5 Å². The van der Waals surface area contributed by atoms with Crippen LogP contribution in [0.2, 0.25) is 0 Å². The molecule has 0 saturated heterocycles. The summed E-state index contributed by atoms with van der Waals surface area (Å²) in [5, 5.41) is -1.31. The fourth-order valence-corrected chi connectivity index (χ4v) is 4.51. The average Bonchev–Trinajstić information content (AvgIpc) is 1.73. The normalized spacial score (nSPS) is 12.3. The van der Waals surface area contributed by atoms with Gasteiger partial charge in [-0.1, -0.05) is 0 Å². The molecular weight excluding hydrogens is 248 g/mol. The Morgan fingerprint density at radius 1 is 0.800 bits per heavy atom. The first-order valence-electron chi connectivity index (χ1n) is 3.51. The monoisotopic (exact) mass is 258 g/mol. The van der Waals surface area contributed by atoms with Crippen LogP contribution in [-0.4, -0.2) is 45.2 Å². The number of amides is 2. The minimum atomic E-state index is -4.15. The van der Waals surface area contributed by atoms with Crippen molar-refractivity contribution in [2.45, 2.75) is 0 Å². The molecule has 0 aliphatic carbocycles. The number of hydrogen-bond acceptors (Lipinski definition) is 6. The maximum absolute atomic E-state index is 11.0. The first-order valence-corrected chi connectivity index (χ1v) is 7.16. The molecule has 0 aliphatic heterocycles. The lowest BCUT2D eigenvalue weighted by atomic mass is 10.8. The number of carbonyl (C=O) groups excluding carboxylic acids is 2. The van der Waals surface area contributed by atoms with Crippen LogP contribution in [0.1, 0.15) is 0 Å². The minimum Gasteiger partial charge on any atom is -0.369 e. The number of hydrogen-bond donors (Lipinski definition) is 2. The first kappa shape index (κ1) is 13.8. The van der Waals surface area contributed by atoms with Crippen molar-refractivity contribution in [1.82, 2.24) is 0 Å². The van der Waals surface area contributed by atoms with E-state index in [-0.39, 0.29) is 0 Å². The van der Waals surface area contributed by atoms with Crippen molar-refractivity contribution in [1.29, 1.82) is 0 Å². The predicted molar refractivity (Wildman–Crippen MR) is 50.8 cm³/mol. The van der Waals surface area contributed by atoms with Gasteiger partial charge in [0.05, 0.1) is 0 Å². The molecule has 15 heavy (non-hydrogen) atoms. The summed E-state index contributed by atoms with van der Waals surface area (Å²) in [4.78, 5) is 20.6. The van der Waals surface area contributed by atoms with Crippen molar-refractivity contribution in [3.63, 3.8) is 0 Å². The van der Waals surface area contributed by atoms with Crippen LogP contribution in [0.3, 0.4) is 0 Å². The summed E-state index contributed by atoms with van der Waals surface area (Å²) in [6, 6.07) is 0. The molecule has 0 aliphatic rings. The smallest absolute Gasteiger partial charge is 0.232 e. The molecule has 0 bridgehead atoms. The summed E-state index contributed by atoms with van der Waals surface area (Å²) in [5.74, 6) is -4.48. The summed E-state index contributed by atoms with van der Waals surface area (Å²) in [6.45, 7) is 0. The molecule has 0 aromatic heterocycles. The SMILES string of the molecule is NC(=O)CS(=O)(=O)CS(=O)(=O)CC(N)=O. The van der Waals surface area contributed by atoms with Crippen molar-refractivity contribution in [3.05, 3.63) is 0 Å². The zero-order chi connectivity index (χ0) is 12.3. The Morgan fingerprint density at radius 3 is 1.27 bits per heavy atom. The Bertz CT molecular complexity index is 418. The summed E-state index contributed by atoms with van der Waals surface area (Å²) in [6.07, 6.45) is 0. The lowest BCUT2D eigenvalue weighted by Gasteiger charge is -2.01. The third kappa shape index (κ3) is 6.85. The minimum absolute atomic E-state index is 1.08. The maximum Gasteiger partial charge on any atom is 0.232 e. The molecule has 4 N–H and O–H groups in total. The van der Waals surface area contributed by atoms with E-state index in [1.54, 1.807) is 0 Å². The van der Waals surface area contributed by atoms with Crippen LogP contribution in [0.25, 0.3) is 0 Å². The van der Waals surface area contributed by atoms with Crippen molar-refractivity contribution < 1.29 is 26.4 Å². The third-order valence-electron chi connectivity index (χ3n) is 1.08. The molecular formula is C5H10N2O6S2. The zero-order valence-electron chi connectivity index (χ0n) is 7.54. The van der Waals surface area contributed by atoms with Gasteiger partial charge in [-0.25, -0.2) is 16.8 Å². The molecule has 88 valence electrons. The summed E-state index contributed by atoms with van der Waals surface area (Å²) < 4.78 is 44.0. The van der Waals surface area contributed by atoms with E-state index in [9.17, 15) is 26.4 Å². The molecule has 0 aromatic carbocycles. The van der Waals surface area contributed by atoms with Crippen LogP contribution in [-0.2, 0) is 29.3 Å². The first-order chi connectivity index (χ1) is 6.54. The highest BCUT2D eigenvalue weighted by molar-refractivity contribution is 8.08. The number of primary amides is 2. The van der Waals surface area contributed by atoms with Crippen LogP contribution in [0.15, 0.2) is 0 Å².